The van der Waals surface area contributed by atoms with Gasteiger partial charge in [0.05, 0.1) is 49.7 Å². The Bertz CT molecular complexity index is 4060. The van der Waals surface area contributed by atoms with E-state index in [1.807, 2.05) is 0 Å². The summed E-state index contributed by atoms with van der Waals surface area (Å²) < 4.78 is 0. The second kappa shape index (κ2) is 40.1. The Morgan fingerprint density at radius 2 is 1.08 bits per heavy atom. The van der Waals surface area contributed by atoms with Crippen LogP contribution in [0.1, 0.15) is 87.4 Å². The van der Waals surface area contributed by atoms with E-state index < -0.39 is 169 Å². The van der Waals surface area contributed by atoms with Crippen LogP contribution >= 0.6 is 0 Å². The lowest BCUT2D eigenvalue weighted by atomic mass is 10.0. The zero-order valence-corrected chi connectivity index (χ0v) is 59.1. The number of hydrogen-bond acceptors (Lipinski definition) is 19. The molecule has 12 amide bonds. The van der Waals surface area contributed by atoms with E-state index in [0.717, 1.165) is 4.90 Å². The Balaban J connectivity index is 1.17. The van der Waals surface area contributed by atoms with Crippen molar-refractivity contribution in [2.24, 2.45) is 23.1 Å². The molecule has 7 rings (SSSR count). The number of carboxylic acids is 1. The fourth-order valence-electron chi connectivity index (χ4n) is 11.9. The molecule has 37 nitrogen and oxygen atoms in total. The molecule has 3 aromatic heterocycles. The number of nitrogens with one attached hydrogen (secondary N) is 15. The highest BCUT2D eigenvalue weighted by atomic mass is 16.4. The van der Waals surface area contributed by atoms with E-state index in [-0.39, 0.29) is 93.9 Å². The monoisotopic (exact) mass is 1480 g/mol. The number of H-pyrrole nitrogens is 3. The molecule has 37 heteroatoms. The number of likely N-dealkylation sites (tertiary alicyclic amines) is 1. The number of phenolic OH excluding ortho intramolecular Hbond substituents is 1. The fourth-order valence-corrected chi connectivity index (χ4v) is 11.9. The van der Waals surface area contributed by atoms with Crippen LogP contribution in [0.3, 0.4) is 0 Å². The van der Waals surface area contributed by atoms with Gasteiger partial charge in [0.25, 0.3) is 0 Å². The van der Waals surface area contributed by atoms with Crippen molar-refractivity contribution in [3.8, 4) is 5.75 Å². The first-order chi connectivity index (χ1) is 51.0. The zero-order valence-electron chi connectivity index (χ0n) is 59.1. The van der Waals surface area contributed by atoms with Gasteiger partial charge < -0.3 is 111 Å². The van der Waals surface area contributed by atoms with E-state index in [1.165, 1.54) is 56.2 Å². The first kappa shape index (κ1) is 82.0. The molecule has 0 spiro atoms. The van der Waals surface area contributed by atoms with Gasteiger partial charge in [-0.25, -0.2) is 14.8 Å². The van der Waals surface area contributed by atoms with E-state index in [2.05, 4.69) is 83.4 Å². The number of carbonyl (C=O) groups excluding carboxylic acids is 12. The number of aliphatic carboxylic acids is 1. The minimum atomic E-state index is -1.82. The second-order valence-electron chi connectivity index (χ2n) is 26.2. The lowest BCUT2D eigenvalue weighted by Crippen LogP contribution is -2.62. The number of guanidine groups is 1. The summed E-state index contributed by atoms with van der Waals surface area (Å²) in [6.45, 7) is 3.66. The van der Waals surface area contributed by atoms with Gasteiger partial charge >= 0.3 is 5.97 Å². The SMILES string of the molecule is CC(C)C[C@H](NC(=O)[C@H](CCCNC(=N)N)NC(=O)[C@H](Cc1c[nH]cn1)NC(=O)[C@H](Cc1c[nH]c2ccccc12)NC(=O)[C@H](Cc1c[nH]cn1)NC(=O)[C@H](Cc1ccccc1)NC(=O)[C@@H](NC(=O)[C@H](Cc1ccc(O)cc1)NC(=O)CNC(=O)CN)[C@@H](C)O)C(=O)N[C@@H](CC(N)=O)C(=O)N1CCC[C@H]1C(=O)O. The molecular formula is C70H93N21O16. The van der Waals surface area contributed by atoms with Gasteiger partial charge in [0.2, 0.25) is 70.9 Å². The van der Waals surface area contributed by atoms with Crippen molar-refractivity contribution in [1.82, 2.24) is 88.3 Å². The Morgan fingerprint density at radius 3 is 1.64 bits per heavy atom. The average Bonchev–Trinajstić information content (AvgIpc) is 1.78. The fraction of sp³-hybridized carbons (Fsp3) is 0.429. The van der Waals surface area contributed by atoms with Crippen molar-refractivity contribution in [1.29, 1.82) is 5.41 Å². The number of para-hydroxylation sites is 1. The highest BCUT2D eigenvalue weighted by Gasteiger charge is 2.41. The molecule has 0 unspecified atom stereocenters. The molecule has 3 aromatic carbocycles. The molecule has 24 N–H and O–H groups in total. The second-order valence-corrected chi connectivity index (χ2v) is 26.2. The lowest BCUT2D eigenvalue weighted by molar-refractivity contribution is -0.149. The number of aromatic nitrogens is 5. The summed E-state index contributed by atoms with van der Waals surface area (Å²) in [6.07, 6.45) is 3.57. The lowest BCUT2D eigenvalue weighted by Gasteiger charge is -2.29. The van der Waals surface area contributed by atoms with Crippen LogP contribution in [0.5, 0.6) is 5.75 Å². The summed E-state index contributed by atoms with van der Waals surface area (Å²) >= 11 is 0. The number of carbonyl (C=O) groups is 13. The van der Waals surface area contributed by atoms with Crippen LogP contribution in [0.4, 0.5) is 0 Å². The number of carboxylic acid groups (broad SMARTS) is 1. The van der Waals surface area contributed by atoms with Crippen LogP contribution in [0.2, 0.25) is 0 Å². The molecule has 0 bridgehead atoms. The van der Waals surface area contributed by atoms with Gasteiger partial charge in [0.15, 0.2) is 5.96 Å². The smallest absolute Gasteiger partial charge is 0.326 e. The topological polar surface area (TPSA) is 593 Å². The van der Waals surface area contributed by atoms with Crippen LogP contribution in [0.15, 0.2) is 110 Å². The highest BCUT2D eigenvalue weighted by molar-refractivity contribution is 6.00. The van der Waals surface area contributed by atoms with E-state index in [4.69, 9.17) is 22.6 Å². The predicted octanol–water partition coefficient (Wildman–Crippen LogP) is -4.09. The molecule has 11 atom stereocenters. The summed E-state index contributed by atoms with van der Waals surface area (Å²) in [7, 11) is 0. The van der Waals surface area contributed by atoms with E-state index in [9.17, 15) is 58.5 Å². The van der Waals surface area contributed by atoms with Crippen LogP contribution < -0.4 is 75.7 Å². The van der Waals surface area contributed by atoms with Crippen LogP contribution in [0.25, 0.3) is 10.9 Å². The number of amides is 12. The number of phenols is 1. The molecule has 4 heterocycles. The van der Waals surface area contributed by atoms with Crippen LogP contribution in [-0.4, -0.2) is 221 Å². The first-order valence-corrected chi connectivity index (χ1v) is 34.6. The number of hydrogen-bond donors (Lipinski definition) is 21. The summed E-state index contributed by atoms with van der Waals surface area (Å²) in [5.74, 6) is -13.4. The van der Waals surface area contributed by atoms with Gasteiger partial charge in [-0.3, -0.25) is 62.9 Å². The Hall–Kier alpha value is -12.3. The summed E-state index contributed by atoms with van der Waals surface area (Å²) in [5, 5.41) is 67.8. The van der Waals surface area contributed by atoms with E-state index >= 15 is 19.2 Å². The standard InChI is InChI=1S/C70H93N21O16/c1-37(2)23-48(61(98)89-54(29-56(72)94)68(105)91-22-10-16-55(91)69(106)107)84-60(97)47(15-9-21-77-70(73)74)83-64(101)52(27-42-32-75-35-80-42)87-63(100)51(26-41-31-78-46-14-8-7-13-45(41)46)85-65(102)53(28-43-33-76-36-81-43)86-62(99)50(24-39-11-5-4-6-12-39)88-67(104)59(38(3)92)90-66(103)49(25-40-17-19-44(93)20-18-40)82-58(96)34-79-57(95)30-71/h4-8,11-14,17-20,31-33,35-38,47-55,59,78,92-93H,9-10,15-16,21-30,34,71H2,1-3H3,(H2,72,94)(H,75,80)(H,76,81)(H,79,95)(H,82,96)(H,83,101)(H,84,97)(H,85,102)(H,86,99)(H,87,100)(H,88,104)(H,89,98)(H,90,103)(H,106,107)(H4,73,74,77)/t38-,47+,48+,49+,50+,51+,52+,53+,54+,55+,59+/m1/s1. The third kappa shape index (κ3) is 25.5. The number of fused-ring (bicyclic) bond motifs is 1. The maximum atomic E-state index is 15.3. The molecule has 1 aliphatic heterocycles. The molecule has 1 aliphatic rings. The Labute approximate surface area is 613 Å². The molecule has 0 saturated carbocycles. The van der Waals surface area contributed by atoms with Gasteiger partial charge in [-0.2, -0.15) is 0 Å². The van der Waals surface area contributed by atoms with Crippen LogP contribution in [0, 0.1) is 11.3 Å². The number of primary amides is 1. The molecule has 107 heavy (non-hydrogen) atoms. The van der Waals surface area contributed by atoms with Gasteiger partial charge in [-0.1, -0.05) is 74.5 Å². The van der Waals surface area contributed by atoms with E-state index in [1.54, 1.807) is 74.6 Å². The van der Waals surface area contributed by atoms with Gasteiger partial charge in [0.1, 0.15) is 66.2 Å². The quantitative estimate of drug-likeness (QED) is 0.00986. The average molecular weight is 1480 g/mol. The highest BCUT2D eigenvalue weighted by Crippen LogP contribution is 2.22. The van der Waals surface area contributed by atoms with Crippen LogP contribution in [-0.2, 0) is 94.4 Å². The van der Waals surface area contributed by atoms with Crippen molar-refractivity contribution in [3.05, 3.63) is 138 Å². The normalized spacial score (nSPS) is 15.4. The molecule has 0 aliphatic carbocycles. The maximum absolute atomic E-state index is 15.3. The summed E-state index contributed by atoms with van der Waals surface area (Å²) in [4.78, 5) is 200. The number of benzene rings is 3. The van der Waals surface area contributed by atoms with Crippen molar-refractivity contribution in [3.63, 3.8) is 0 Å². The van der Waals surface area contributed by atoms with Crippen molar-refractivity contribution >= 4 is 93.7 Å². The van der Waals surface area contributed by atoms with Gasteiger partial charge in [0, 0.05) is 74.7 Å². The zero-order chi connectivity index (χ0) is 77.9. The summed E-state index contributed by atoms with van der Waals surface area (Å²) in [6, 6.07) is 5.45. The number of imidazole rings is 2. The molecule has 574 valence electrons. The van der Waals surface area contributed by atoms with E-state index in [0.29, 0.717) is 34.0 Å². The van der Waals surface area contributed by atoms with Gasteiger partial charge in [-0.15, -0.1) is 0 Å². The molecule has 1 fully saturated rings. The molecule has 0 radical (unpaired) electrons. The minimum absolute atomic E-state index is 0.0153. The molecular weight excluding hydrogens is 1390 g/mol. The molecule has 1 saturated heterocycles. The number of aromatic hydroxyl groups is 1. The number of aromatic amines is 3. The number of rotatable bonds is 41. The van der Waals surface area contributed by atoms with Gasteiger partial charge in [-0.05, 0) is 79.8 Å². The summed E-state index contributed by atoms with van der Waals surface area (Å²) in [5.41, 5.74) is 19.0. The minimum Gasteiger partial charge on any atom is -0.508 e. The predicted molar refractivity (Wildman–Crippen MR) is 384 cm³/mol. The van der Waals surface area contributed by atoms with Crippen molar-refractivity contribution in [2.75, 3.05) is 26.2 Å². The number of aliphatic hydroxyl groups excluding tert-OH is 1. The largest absolute Gasteiger partial charge is 0.508 e. The maximum Gasteiger partial charge on any atom is 0.326 e. The first-order valence-electron chi connectivity index (χ1n) is 34.6. The number of nitrogens with two attached hydrogens (primary N) is 3. The number of nitrogens with zero attached hydrogens (tertiary/aromatic N) is 3. The molecule has 6 aromatic rings. The third-order valence-electron chi connectivity index (χ3n) is 17.4. The van der Waals surface area contributed by atoms with Crippen molar-refractivity contribution < 1.29 is 77.6 Å². The van der Waals surface area contributed by atoms with Crippen molar-refractivity contribution in [2.45, 2.75) is 158 Å². The number of aliphatic hydroxyl groups is 1. The Morgan fingerprint density at radius 1 is 0.579 bits per heavy atom. The third-order valence-corrected chi connectivity index (χ3v) is 17.4. The Kier molecular flexibility index (Phi) is 30.7.